The summed E-state index contributed by atoms with van der Waals surface area (Å²) >= 11 is 0. The Morgan fingerprint density at radius 3 is 2.38 bits per heavy atom. The number of ether oxygens (including phenoxy) is 1. The summed E-state index contributed by atoms with van der Waals surface area (Å²) in [6.45, 7) is 1.52. The minimum atomic E-state index is -3.13. The Morgan fingerprint density at radius 2 is 1.77 bits per heavy atom. The Kier molecular flexibility index (Phi) is 6.15. The summed E-state index contributed by atoms with van der Waals surface area (Å²) in [5.41, 5.74) is 2.43. The molecular formula is C19H21NO5S. The van der Waals surface area contributed by atoms with Crippen molar-refractivity contribution in [3.05, 3.63) is 53.6 Å². The largest absolute Gasteiger partial charge is 0.496 e. The first kappa shape index (κ1) is 19.7. The normalized spacial score (nSPS) is 11.0. The Labute approximate surface area is 153 Å². The van der Waals surface area contributed by atoms with E-state index >= 15 is 0 Å². The predicted molar refractivity (Wildman–Crippen MR) is 100 cm³/mol. The number of rotatable bonds is 7. The molecule has 0 atom stereocenters. The second kappa shape index (κ2) is 8.14. The monoisotopic (exact) mass is 375 g/mol. The van der Waals surface area contributed by atoms with Gasteiger partial charge in [0.15, 0.2) is 5.78 Å². The van der Waals surface area contributed by atoms with Crippen LogP contribution in [0.1, 0.15) is 27.6 Å². The molecule has 2 rings (SSSR count). The predicted octanol–water partition coefficient (Wildman–Crippen LogP) is 2.34. The second-order valence-electron chi connectivity index (χ2n) is 5.94. The van der Waals surface area contributed by atoms with Gasteiger partial charge in [0.05, 0.1) is 18.4 Å². The van der Waals surface area contributed by atoms with Crippen LogP contribution in [0, 0.1) is 0 Å². The number of nitrogens with one attached hydrogen (secondary N) is 1. The fourth-order valence-electron chi connectivity index (χ4n) is 2.45. The third kappa shape index (κ3) is 5.16. The van der Waals surface area contributed by atoms with Crippen LogP contribution in [0.25, 0.3) is 11.1 Å². The van der Waals surface area contributed by atoms with Gasteiger partial charge in [-0.25, -0.2) is 8.42 Å². The topological polar surface area (TPSA) is 89.5 Å². The zero-order valence-corrected chi connectivity index (χ0v) is 15.7. The van der Waals surface area contributed by atoms with Gasteiger partial charge in [-0.2, -0.15) is 0 Å². The Bertz CT molecular complexity index is 935. The third-order valence-corrected chi connectivity index (χ3v) is 4.74. The number of sulfone groups is 1. The molecule has 26 heavy (non-hydrogen) atoms. The van der Waals surface area contributed by atoms with Gasteiger partial charge in [-0.3, -0.25) is 9.59 Å². The molecule has 0 aliphatic rings. The van der Waals surface area contributed by atoms with Gasteiger partial charge in [0, 0.05) is 18.4 Å². The Morgan fingerprint density at radius 1 is 1.08 bits per heavy atom. The molecule has 2 aromatic carbocycles. The van der Waals surface area contributed by atoms with Crippen LogP contribution in [-0.2, 0) is 9.84 Å². The number of methoxy groups -OCH3 is 1. The molecule has 0 heterocycles. The van der Waals surface area contributed by atoms with Gasteiger partial charge in [0.25, 0.3) is 5.91 Å². The first-order valence-electron chi connectivity index (χ1n) is 7.96. The summed E-state index contributed by atoms with van der Waals surface area (Å²) in [6.07, 6.45) is 1.12. The zero-order chi connectivity index (χ0) is 19.3. The smallest absolute Gasteiger partial charge is 0.251 e. The molecular weight excluding hydrogens is 354 g/mol. The van der Waals surface area contributed by atoms with E-state index in [0.717, 1.165) is 17.4 Å². The van der Waals surface area contributed by atoms with Crippen molar-refractivity contribution < 1.29 is 22.7 Å². The average molecular weight is 375 g/mol. The average Bonchev–Trinajstić information content (AvgIpc) is 2.60. The Hall–Kier alpha value is -2.67. The van der Waals surface area contributed by atoms with Crippen LogP contribution in [-0.4, -0.2) is 45.8 Å². The fraction of sp³-hybridized carbons (Fsp3) is 0.263. The van der Waals surface area contributed by atoms with Crippen molar-refractivity contribution in [1.82, 2.24) is 5.32 Å². The van der Waals surface area contributed by atoms with Gasteiger partial charge in [-0.1, -0.05) is 18.2 Å². The first-order chi connectivity index (χ1) is 12.2. The van der Waals surface area contributed by atoms with E-state index in [2.05, 4.69) is 5.32 Å². The molecule has 0 bridgehead atoms. The third-order valence-electron chi connectivity index (χ3n) is 3.80. The van der Waals surface area contributed by atoms with Gasteiger partial charge < -0.3 is 10.1 Å². The maximum Gasteiger partial charge on any atom is 0.251 e. The van der Waals surface area contributed by atoms with E-state index in [4.69, 9.17) is 4.74 Å². The lowest BCUT2D eigenvalue weighted by Gasteiger charge is -2.10. The Balaban J connectivity index is 2.25. The highest BCUT2D eigenvalue weighted by Gasteiger charge is 2.12. The summed E-state index contributed by atoms with van der Waals surface area (Å²) in [5.74, 6) is -0.0797. The molecule has 6 nitrogen and oxygen atoms in total. The second-order valence-corrected chi connectivity index (χ2v) is 8.20. The molecule has 0 radical (unpaired) electrons. The van der Waals surface area contributed by atoms with Crippen molar-refractivity contribution >= 4 is 21.5 Å². The molecule has 0 aromatic heterocycles. The van der Waals surface area contributed by atoms with Crippen molar-refractivity contribution in [3.8, 4) is 16.9 Å². The van der Waals surface area contributed by atoms with Crippen LogP contribution < -0.4 is 10.1 Å². The maximum atomic E-state index is 12.2. The van der Waals surface area contributed by atoms with E-state index in [9.17, 15) is 18.0 Å². The standard InChI is InChI=1S/C19H21NO5S/c1-13(21)17-12-15(7-8-18(17)25-2)14-5-4-6-16(11-14)19(22)20-9-10-26(3,23)24/h4-8,11-12H,9-10H2,1-3H3,(H,20,22). The summed E-state index contributed by atoms with van der Waals surface area (Å²) < 4.78 is 27.5. The van der Waals surface area contributed by atoms with Crippen LogP contribution in [0.15, 0.2) is 42.5 Å². The molecule has 2 aromatic rings. The number of ketones is 1. The number of carbonyl (C=O) groups is 2. The van der Waals surface area contributed by atoms with E-state index in [-0.39, 0.29) is 24.0 Å². The molecule has 138 valence electrons. The van der Waals surface area contributed by atoms with Gasteiger partial charge in [0.1, 0.15) is 15.6 Å². The zero-order valence-electron chi connectivity index (χ0n) is 14.9. The molecule has 0 unspecified atom stereocenters. The first-order valence-corrected chi connectivity index (χ1v) is 10.0. The lowest BCUT2D eigenvalue weighted by molar-refractivity contribution is 0.0955. The minimum Gasteiger partial charge on any atom is -0.496 e. The molecule has 7 heteroatoms. The summed E-state index contributed by atoms with van der Waals surface area (Å²) in [4.78, 5) is 24.0. The SMILES string of the molecule is COc1ccc(-c2cccc(C(=O)NCCS(C)(=O)=O)c2)cc1C(C)=O. The van der Waals surface area contributed by atoms with E-state index < -0.39 is 9.84 Å². The molecule has 0 saturated heterocycles. The van der Waals surface area contributed by atoms with Crippen LogP contribution >= 0.6 is 0 Å². The maximum absolute atomic E-state index is 12.2. The quantitative estimate of drug-likeness (QED) is 0.750. The number of carbonyl (C=O) groups excluding carboxylic acids is 2. The highest BCUT2D eigenvalue weighted by molar-refractivity contribution is 7.90. The summed E-state index contributed by atoms with van der Waals surface area (Å²) in [6, 6.07) is 12.2. The number of hydrogen-bond donors (Lipinski definition) is 1. The van der Waals surface area contributed by atoms with E-state index in [1.807, 2.05) is 12.1 Å². The fourth-order valence-corrected chi connectivity index (χ4v) is 2.93. The number of amides is 1. The number of hydrogen-bond acceptors (Lipinski definition) is 5. The van der Waals surface area contributed by atoms with Crippen LogP contribution in [0.2, 0.25) is 0 Å². The van der Waals surface area contributed by atoms with Crippen molar-refractivity contribution in [2.45, 2.75) is 6.92 Å². The molecule has 1 amide bonds. The highest BCUT2D eigenvalue weighted by atomic mass is 32.2. The molecule has 0 spiro atoms. The van der Waals surface area contributed by atoms with Crippen molar-refractivity contribution in [3.63, 3.8) is 0 Å². The highest BCUT2D eigenvalue weighted by Crippen LogP contribution is 2.27. The summed E-state index contributed by atoms with van der Waals surface area (Å²) in [7, 11) is -1.63. The van der Waals surface area contributed by atoms with Gasteiger partial charge >= 0.3 is 0 Å². The van der Waals surface area contributed by atoms with Crippen molar-refractivity contribution in [2.24, 2.45) is 0 Å². The molecule has 0 aliphatic heterocycles. The van der Waals surface area contributed by atoms with Gasteiger partial charge in [-0.05, 0) is 42.3 Å². The van der Waals surface area contributed by atoms with E-state index in [1.165, 1.54) is 14.0 Å². The van der Waals surface area contributed by atoms with Gasteiger partial charge in [0.2, 0.25) is 0 Å². The van der Waals surface area contributed by atoms with Crippen LogP contribution in [0.5, 0.6) is 5.75 Å². The van der Waals surface area contributed by atoms with E-state index in [0.29, 0.717) is 16.9 Å². The van der Waals surface area contributed by atoms with Crippen molar-refractivity contribution in [2.75, 3.05) is 25.7 Å². The number of Topliss-reactive ketones (excluding diaryl/α,β-unsaturated/α-hetero) is 1. The van der Waals surface area contributed by atoms with Crippen LogP contribution in [0.4, 0.5) is 0 Å². The number of benzene rings is 2. The van der Waals surface area contributed by atoms with Crippen molar-refractivity contribution in [1.29, 1.82) is 0 Å². The molecule has 0 fully saturated rings. The van der Waals surface area contributed by atoms with Crippen LogP contribution in [0.3, 0.4) is 0 Å². The molecule has 1 N–H and O–H groups in total. The lowest BCUT2D eigenvalue weighted by atomic mass is 9.99. The lowest BCUT2D eigenvalue weighted by Crippen LogP contribution is -2.28. The molecule has 0 saturated carbocycles. The minimum absolute atomic E-state index is 0.0545. The molecule has 0 aliphatic carbocycles. The van der Waals surface area contributed by atoms with E-state index in [1.54, 1.807) is 30.3 Å². The summed E-state index contributed by atoms with van der Waals surface area (Å²) in [5, 5.41) is 2.59. The van der Waals surface area contributed by atoms with Gasteiger partial charge in [-0.15, -0.1) is 0 Å².